The van der Waals surface area contributed by atoms with Crippen LogP contribution in [0.5, 0.6) is 0 Å². The first-order valence-electron chi connectivity index (χ1n) is 12.6. The average molecular weight is 477 g/mol. The van der Waals surface area contributed by atoms with Gasteiger partial charge >= 0.3 is 12.1 Å². The highest BCUT2D eigenvalue weighted by atomic mass is 16.5. The highest BCUT2D eigenvalue weighted by Gasteiger charge is 2.51. The SMILES string of the molecule is CCC[C@@H](CC(=O)N1C2CCC1C(C(=O)O)C2)NC(=O)OCC1c2ccccc2-c2ccccc21. The Kier molecular flexibility index (Phi) is 6.50. The van der Waals surface area contributed by atoms with Gasteiger partial charge in [-0.1, -0.05) is 61.9 Å². The zero-order valence-corrected chi connectivity index (χ0v) is 20.0. The van der Waals surface area contributed by atoms with E-state index in [1.54, 1.807) is 4.90 Å². The van der Waals surface area contributed by atoms with E-state index in [4.69, 9.17) is 4.74 Å². The minimum absolute atomic E-state index is 0.00494. The molecule has 0 radical (unpaired) electrons. The summed E-state index contributed by atoms with van der Waals surface area (Å²) in [4.78, 5) is 39.2. The van der Waals surface area contributed by atoms with Gasteiger partial charge in [0, 0.05) is 30.5 Å². The molecular formula is C28H32N2O5. The molecule has 2 bridgehead atoms. The summed E-state index contributed by atoms with van der Waals surface area (Å²) < 4.78 is 5.67. The molecule has 2 saturated heterocycles. The fraction of sp³-hybridized carbons (Fsp3) is 0.464. The predicted octanol–water partition coefficient (Wildman–Crippen LogP) is 4.55. The van der Waals surface area contributed by atoms with E-state index in [0.717, 1.165) is 30.4 Å². The zero-order chi connectivity index (χ0) is 24.5. The van der Waals surface area contributed by atoms with E-state index in [1.807, 2.05) is 31.2 Å². The summed E-state index contributed by atoms with van der Waals surface area (Å²) in [5, 5.41) is 12.4. The smallest absolute Gasteiger partial charge is 0.407 e. The van der Waals surface area contributed by atoms with Crippen molar-refractivity contribution in [3.05, 3.63) is 59.7 Å². The summed E-state index contributed by atoms with van der Waals surface area (Å²) >= 11 is 0. The topological polar surface area (TPSA) is 95.9 Å². The number of hydrogen-bond acceptors (Lipinski definition) is 4. The highest BCUT2D eigenvalue weighted by Crippen LogP contribution is 2.45. The van der Waals surface area contributed by atoms with Crippen LogP contribution in [0.25, 0.3) is 11.1 Å². The van der Waals surface area contributed by atoms with Crippen LogP contribution in [0.4, 0.5) is 4.79 Å². The van der Waals surface area contributed by atoms with Gasteiger partial charge in [-0.05, 0) is 47.9 Å². The standard InChI is InChI=1S/C28H32N2O5/c1-2-7-17(14-26(31)30-18-12-13-25(30)23(15-18)27(32)33)29-28(34)35-16-24-21-10-5-3-8-19(21)20-9-4-6-11-22(20)24/h3-6,8-11,17-18,23-25H,2,7,12-16H2,1H3,(H,29,34)(H,32,33)/t17-,18?,23?,25?/m0/s1. The van der Waals surface area contributed by atoms with Crippen LogP contribution in [-0.2, 0) is 14.3 Å². The summed E-state index contributed by atoms with van der Waals surface area (Å²) in [7, 11) is 0. The van der Waals surface area contributed by atoms with Gasteiger partial charge in [-0.3, -0.25) is 9.59 Å². The van der Waals surface area contributed by atoms with Crippen molar-refractivity contribution in [1.82, 2.24) is 10.2 Å². The first-order chi connectivity index (χ1) is 17.0. The van der Waals surface area contributed by atoms with Crippen LogP contribution in [0.2, 0.25) is 0 Å². The van der Waals surface area contributed by atoms with Crippen molar-refractivity contribution in [3.63, 3.8) is 0 Å². The van der Waals surface area contributed by atoms with E-state index in [-0.39, 0.29) is 43.0 Å². The minimum atomic E-state index is -0.822. The average Bonchev–Trinajstić information content (AvgIpc) is 3.53. The van der Waals surface area contributed by atoms with Gasteiger partial charge in [-0.15, -0.1) is 0 Å². The lowest BCUT2D eigenvalue weighted by atomic mass is 9.89. The van der Waals surface area contributed by atoms with Gasteiger partial charge in [-0.2, -0.15) is 0 Å². The molecule has 3 unspecified atom stereocenters. The van der Waals surface area contributed by atoms with Crippen molar-refractivity contribution in [2.24, 2.45) is 5.92 Å². The number of nitrogens with one attached hydrogen (secondary N) is 1. The molecule has 5 rings (SSSR count). The Morgan fingerprint density at radius 1 is 1.06 bits per heavy atom. The third kappa shape index (κ3) is 4.40. The van der Waals surface area contributed by atoms with Gasteiger partial charge in [-0.25, -0.2) is 4.79 Å². The van der Waals surface area contributed by atoms with Gasteiger partial charge in [0.2, 0.25) is 5.91 Å². The number of nitrogens with zero attached hydrogens (tertiary/aromatic N) is 1. The normalized spacial score (nSPS) is 23.0. The number of aliphatic carboxylic acids is 1. The van der Waals surface area contributed by atoms with E-state index in [1.165, 1.54) is 11.1 Å². The Morgan fingerprint density at radius 2 is 1.71 bits per heavy atom. The van der Waals surface area contributed by atoms with E-state index < -0.39 is 18.0 Å². The molecule has 35 heavy (non-hydrogen) atoms. The van der Waals surface area contributed by atoms with Crippen LogP contribution in [0, 0.1) is 5.92 Å². The molecule has 7 nitrogen and oxygen atoms in total. The number of benzene rings is 2. The van der Waals surface area contributed by atoms with Crippen LogP contribution in [0.3, 0.4) is 0 Å². The maximum Gasteiger partial charge on any atom is 0.407 e. The van der Waals surface area contributed by atoms with Crippen LogP contribution in [-0.4, -0.2) is 52.7 Å². The molecule has 2 aromatic rings. The van der Waals surface area contributed by atoms with Gasteiger partial charge in [0.1, 0.15) is 6.61 Å². The summed E-state index contributed by atoms with van der Waals surface area (Å²) in [5.41, 5.74) is 4.65. The predicted molar refractivity (Wildman–Crippen MR) is 131 cm³/mol. The third-order valence-electron chi connectivity index (χ3n) is 7.87. The molecule has 2 aliphatic heterocycles. The number of carbonyl (C=O) groups is 3. The number of amides is 2. The minimum Gasteiger partial charge on any atom is -0.481 e. The molecule has 184 valence electrons. The lowest BCUT2D eigenvalue weighted by Crippen LogP contribution is -2.43. The number of carbonyl (C=O) groups excluding carboxylic acids is 2. The number of ether oxygens (including phenoxy) is 1. The molecule has 4 atom stereocenters. The van der Waals surface area contributed by atoms with Crippen LogP contribution >= 0.6 is 0 Å². The van der Waals surface area contributed by atoms with E-state index in [0.29, 0.717) is 12.8 Å². The van der Waals surface area contributed by atoms with Crippen molar-refractivity contribution in [3.8, 4) is 11.1 Å². The summed E-state index contributed by atoms with van der Waals surface area (Å²) in [5.74, 6) is -1.39. The Labute approximate surface area is 205 Å². The summed E-state index contributed by atoms with van der Waals surface area (Å²) in [6.07, 6.45) is 3.24. The van der Waals surface area contributed by atoms with Crippen molar-refractivity contribution in [2.45, 2.75) is 69.5 Å². The van der Waals surface area contributed by atoms with Gasteiger partial charge in [0.15, 0.2) is 0 Å². The number of fused-ring (bicyclic) bond motifs is 5. The lowest BCUT2D eigenvalue weighted by molar-refractivity contribution is -0.143. The molecule has 0 aromatic heterocycles. The molecule has 7 heteroatoms. The maximum absolute atomic E-state index is 13.1. The van der Waals surface area contributed by atoms with Crippen molar-refractivity contribution in [2.75, 3.05) is 6.61 Å². The van der Waals surface area contributed by atoms with Crippen molar-refractivity contribution < 1.29 is 24.2 Å². The molecule has 2 aromatic carbocycles. The highest BCUT2D eigenvalue weighted by molar-refractivity contribution is 5.82. The molecule has 1 aliphatic carbocycles. The Morgan fingerprint density at radius 3 is 2.31 bits per heavy atom. The Hall–Kier alpha value is -3.35. The first kappa shape index (κ1) is 23.4. The zero-order valence-electron chi connectivity index (χ0n) is 20.0. The quantitative estimate of drug-likeness (QED) is 0.583. The molecule has 3 aliphatic rings. The third-order valence-corrected chi connectivity index (χ3v) is 7.87. The number of carboxylic acid groups (broad SMARTS) is 1. The molecular weight excluding hydrogens is 444 g/mol. The summed E-state index contributed by atoms with van der Waals surface area (Å²) in [6.45, 7) is 2.24. The maximum atomic E-state index is 13.1. The van der Waals surface area contributed by atoms with Gasteiger partial charge in [0.25, 0.3) is 0 Å². The van der Waals surface area contributed by atoms with Crippen LogP contribution < -0.4 is 5.32 Å². The largest absolute Gasteiger partial charge is 0.481 e. The number of carboxylic acids is 1. The molecule has 2 amide bonds. The van der Waals surface area contributed by atoms with E-state index in [9.17, 15) is 19.5 Å². The molecule has 2 N–H and O–H groups in total. The van der Waals surface area contributed by atoms with Crippen molar-refractivity contribution >= 4 is 18.0 Å². The Bertz CT molecular complexity index is 1090. The Balaban J connectivity index is 1.20. The fourth-order valence-corrected chi connectivity index (χ4v) is 6.34. The number of alkyl carbamates (subject to hydrolysis) is 1. The van der Waals surface area contributed by atoms with Crippen LogP contribution in [0.1, 0.15) is 62.5 Å². The second-order valence-corrected chi connectivity index (χ2v) is 9.94. The van der Waals surface area contributed by atoms with E-state index in [2.05, 4.69) is 29.6 Å². The monoisotopic (exact) mass is 476 g/mol. The van der Waals surface area contributed by atoms with E-state index >= 15 is 0 Å². The summed E-state index contributed by atoms with van der Waals surface area (Å²) in [6, 6.07) is 15.8. The molecule has 0 saturated carbocycles. The number of rotatable bonds is 8. The second kappa shape index (κ2) is 9.72. The fourth-order valence-electron chi connectivity index (χ4n) is 6.34. The number of hydrogen-bond donors (Lipinski definition) is 2. The molecule has 0 spiro atoms. The first-order valence-corrected chi connectivity index (χ1v) is 12.6. The lowest BCUT2D eigenvalue weighted by Gasteiger charge is -2.26. The molecule has 2 fully saturated rings. The van der Waals surface area contributed by atoms with Crippen LogP contribution in [0.15, 0.2) is 48.5 Å². The van der Waals surface area contributed by atoms with Gasteiger partial charge in [0.05, 0.1) is 5.92 Å². The second-order valence-electron chi connectivity index (χ2n) is 9.94. The van der Waals surface area contributed by atoms with Crippen molar-refractivity contribution in [1.29, 1.82) is 0 Å². The van der Waals surface area contributed by atoms with Gasteiger partial charge < -0.3 is 20.1 Å². The molecule has 2 heterocycles.